The van der Waals surface area contributed by atoms with Crippen LogP contribution in [-0.4, -0.2) is 54.7 Å². The van der Waals surface area contributed by atoms with Crippen molar-refractivity contribution in [3.8, 4) is 0 Å². The molecule has 1 aromatic rings. The molecule has 0 bridgehead atoms. The zero-order chi connectivity index (χ0) is 13.0. The minimum absolute atomic E-state index is 0.00915. The van der Waals surface area contributed by atoms with Crippen LogP contribution in [0.15, 0.2) is 24.3 Å². The standard InChI is InChI=1S/C14H19NO3/c1-11-2-4-12(5-3-11)14(17)9-15-6-7-18-13(8-15)10-16/h2-5,13,16H,6-10H2,1H3. The van der Waals surface area contributed by atoms with Crippen molar-refractivity contribution in [2.45, 2.75) is 13.0 Å². The molecule has 0 radical (unpaired) electrons. The first-order valence-electron chi connectivity index (χ1n) is 6.23. The van der Waals surface area contributed by atoms with E-state index in [2.05, 4.69) is 0 Å². The molecular weight excluding hydrogens is 230 g/mol. The third-order valence-electron chi connectivity index (χ3n) is 3.17. The first kappa shape index (κ1) is 13.2. The molecule has 0 aliphatic carbocycles. The van der Waals surface area contributed by atoms with Gasteiger partial charge in [0, 0.05) is 18.7 Å². The summed E-state index contributed by atoms with van der Waals surface area (Å²) in [6, 6.07) is 7.62. The van der Waals surface area contributed by atoms with Gasteiger partial charge in [0.05, 0.1) is 25.9 Å². The first-order valence-corrected chi connectivity index (χ1v) is 6.23. The first-order chi connectivity index (χ1) is 8.69. The lowest BCUT2D eigenvalue weighted by Crippen LogP contribution is -2.45. The van der Waals surface area contributed by atoms with Crippen LogP contribution in [0.2, 0.25) is 0 Å². The second-order valence-corrected chi connectivity index (χ2v) is 4.70. The molecule has 0 amide bonds. The van der Waals surface area contributed by atoms with Gasteiger partial charge in [-0.3, -0.25) is 9.69 Å². The summed E-state index contributed by atoms with van der Waals surface area (Å²) < 4.78 is 5.36. The molecule has 4 heteroatoms. The largest absolute Gasteiger partial charge is 0.394 e. The molecule has 1 heterocycles. The van der Waals surface area contributed by atoms with Crippen molar-refractivity contribution >= 4 is 5.78 Å². The van der Waals surface area contributed by atoms with Crippen molar-refractivity contribution in [3.63, 3.8) is 0 Å². The Bertz CT molecular complexity index is 402. The zero-order valence-corrected chi connectivity index (χ0v) is 10.6. The van der Waals surface area contributed by atoms with Crippen LogP contribution in [0, 0.1) is 6.92 Å². The molecule has 18 heavy (non-hydrogen) atoms. The maximum Gasteiger partial charge on any atom is 0.176 e. The van der Waals surface area contributed by atoms with E-state index in [0.717, 1.165) is 17.7 Å². The van der Waals surface area contributed by atoms with Crippen molar-refractivity contribution in [1.29, 1.82) is 0 Å². The van der Waals surface area contributed by atoms with Gasteiger partial charge in [-0.1, -0.05) is 29.8 Å². The Morgan fingerprint density at radius 2 is 2.17 bits per heavy atom. The van der Waals surface area contributed by atoms with Crippen molar-refractivity contribution in [3.05, 3.63) is 35.4 Å². The number of aliphatic hydroxyl groups excluding tert-OH is 1. The summed E-state index contributed by atoms with van der Waals surface area (Å²) in [6.07, 6.45) is -0.162. The Labute approximate surface area is 107 Å². The highest BCUT2D eigenvalue weighted by Gasteiger charge is 2.21. The average molecular weight is 249 g/mol. The molecule has 2 rings (SSSR count). The highest BCUT2D eigenvalue weighted by atomic mass is 16.5. The normalized spacial score (nSPS) is 20.9. The Hall–Kier alpha value is -1.23. The molecule has 1 atom stereocenters. The number of hydrogen-bond donors (Lipinski definition) is 1. The van der Waals surface area contributed by atoms with Gasteiger partial charge in [-0.25, -0.2) is 0 Å². The topological polar surface area (TPSA) is 49.8 Å². The number of Topliss-reactive ketones (excluding diaryl/α,β-unsaturated/α-hetero) is 1. The summed E-state index contributed by atoms with van der Waals surface area (Å²) >= 11 is 0. The summed E-state index contributed by atoms with van der Waals surface area (Å²) in [5.41, 5.74) is 1.89. The number of carbonyl (C=O) groups is 1. The molecule has 1 aromatic carbocycles. The third kappa shape index (κ3) is 3.38. The second kappa shape index (κ2) is 6.09. The van der Waals surface area contributed by atoms with Crippen LogP contribution in [0.5, 0.6) is 0 Å². The smallest absolute Gasteiger partial charge is 0.176 e. The molecule has 1 N–H and O–H groups in total. The highest BCUT2D eigenvalue weighted by molar-refractivity contribution is 5.97. The van der Waals surface area contributed by atoms with Gasteiger partial charge in [0.1, 0.15) is 0 Å². The van der Waals surface area contributed by atoms with E-state index in [4.69, 9.17) is 9.84 Å². The van der Waals surface area contributed by atoms with E-state index < -0.39 is 0 Å². The summed E-state index contributed by atoms with van der Waals surface area (Å²) in [5, 5.41) is 9.05. The van der Waals surface area contributed by atoms with E-state index in [1.54, 1.807) is 0 Å². The molecule has 1 fully saturated rings. The quantitative estimate of drug-likeness (QED) is 0.804. The predicted octanol–water partition coefficient (Wildman–Crippen LogP) is 0.871. The Morgan fingerprint density at radius 3 is 2.83 bits per heavy atom. The van der Waals surface area contributed by atoms with E-state index in [9.17, 15) is 4.79 Å². The zero-order valence-electron chi connectivity index (χ0n) is 10.6. The minimum Gasteiger partial charge on any atom is -0.394 e. The number of morpholine rings is 1. The van der Waals surface area contributed by atoms with E-state index in [-0.39, 0.29) is 18.5 Å². The molecule has 0 spiro atoms. The summed E-state index contributed by atoms with van der Waals surface area (Å²) in [5.74, 6) is 0.119. The van der Waals surface area contributed by atoms with Crippen LogP contribution in [0.25, 0.3) is 0 Å². The molecule has 1 aliphatic heterocycles. The van der Waals surface area contributed by atoms with Crippen LogP contribution in [0.4, 0.5) is 0 Å². The van der Waals surface area contributed by atoms with Gasteiger partial charge in [-0.15, -0.1) is 0 Å². The molecular formula is C14H19NO3. The minimum atomic E-state index is -0.162. The van der Waals surface area contributed by atoms with Gasteiger partial charge >= 0.3 is 0 Å². The number of nitrogens with zero attached hydrogens (tertiary/aromatic N) is 1. The predicted molar refractivity (Wildman–Crippen MR) is 68.8 cm³/mol. The monoisotopic (exact) mass is 249 g/mol. The van der Waals surface area contributed by atoms with Gasteiger partial charge in [0.25, 0.3) is 0 Å². The van der Waals surface area contributed by atoms with Crippen LogP contribution < -0.4 is 0 Å². The summed E-state index contributed by atoms with van der Waals surface area (Å²) in [7, 11) is 0. The van der Waals surface area contributed by atoms with Crippen LogP contribution in [0.1, 0.15) is 15.9 Å². The summed E-state index contributed by atoms with van der Waals surface area (Å²) in [6.45, 7) is 4.34. The molecule has 1 saturated heterocycles. The fourth-order valence-corrected chi connectivity index (χ4v) is 2.07. The maximum absolute atomic E-state index is 12.1. The highest BCUT2D eigenvalue weighted by Crippen LogP contribution is 2.08. The van der Waals surface area contributed by atoms with E-state index in [1.165, 1.54) is 0 Å². The summed E-state index contributed by atoms with van der Waals surface area (Å²) in [4.78, 5) is 14.1. The lowest BCUT2D eigenvalue weighted by atomic mass is 10.1. The second-order valence-electron chi connectivity index (χ2n) is 4.70. The third-order valence-corrected chi connectivity index (χ3v) is 3.17. The lowest BCUT2D eigenvalue weighted by molar-refractivity contribution is -0.0503. The molecule has 4 nitrogen and oxygen atoms in total. The molecule has 0 saturated carbocycles. The molecule has 1 unspecified atom stereocenters. The van der Waals surface area contributed by atoms with Crippen molar-refractivity contribution in [2.24, 2.45) is 0 Å². The lowest BCUT2D eigenvalue weighted by Gasteiger charge is -2.31. The van der Waals surface area contributed by atoms with Gasteiger partial charge in [0.15, 0.2) is 5.78 Å². The number of hydrogen-bond acceptors (Lipinski definition) is 4. The van der Waals surface area contributed by atoms with Gasteiger partial charge in [-0.2, -0.15) is 0 Å². The number of ketones is 1. The molecule has 98 valence electrons. The van der Waals surface area contributed by atoms with E-state index >= 15 is 0 Å². The molecule has 1 aliphatic rings. The van der Waals surface area contributed by atoms with Crippen molar-refractivity contribution < 1.29 is 14.6 Å². The van der Waals surface area contributed by atoms with Gasteiger partial charge in [-0.05, 0) is 6.92 Å². The Kier molecular flexibility index (Phi) is 4.47. The number of ether oxygens (including phenoxy) is 1. The van der Waals surface area contributed by atoms with E-state index in [1.807, 2.05) is 36.1 Å². The van der Waals surface area contributed by atoms with Crippen LogP contribution in [-0.2, 0) is 4.74 Å². The van der Waals surface area contributed by atoms with E-state index in [0.29, 0.717) is 19.7 Å². The SMILES string of the molecule is Cc1ccc(C(=O)CN2CCOC(CO)C2)cc1. The maximum atomic E-state index is 12.1. The fraction of sp³-hybridized carbons (Fsp3) is 0.500. The number of benzene rings is 1. The Balaban J connectivity index is 1.92. The van der Waals surface area contributed by atoms with Gasteiger partial charge < -0.3 is 9.84 Å². The van der Waals surface area contributed by atoms with Crippen molar-refractivity contribution in [1.82, 2.24) is 4.90 Å². The number of aryl methyl sites for hydroxylation is 1. The number of aliphatic hydroxyl groups is 1. The van der Waals surface area contributed by atoms with Crippen LogP contribution >= 0.6 is 0 Å². The van der Waals surface area contributed by atoms with Crippen LogP contribution in [0.3, 0.4) is 0 Å². The van der Waals surface area contributed by atoms with Gasteiger partial charge in [0.2, 0.25) is 0 Å². The van der Waals surface area contributed by atoms with Crippen molar-refractivity contribution in [2.75, 3.05) is 32.8 Å². The number of rotatable bonds is 4. The molecule has 0 aromatic heterocycles. The number of carbonyl (C=O) groups excluding carboxylic acids is 1. The average Bonchev–Trinajstić information content (AvgIpc) is 2.39. The Morgan fingerprint density at radius 1 is 1.44 bits per heavy atom. The fourth-order valence-electron chi connectivity index (χ4n) is 2.07.